The van der Waals surface area contributed by atoms with Crippen LogP contribution in [-0.2, 0) is 4.74 Å². The van der Waals surface area contributed by atoms with E-state index in [0.717, 1.165) is 19.4 Å². The van der Waals surface area contributed by atoms with Gasteiger partial charge in [0, 0.05) is 13.0 Å². The summed E-state index contributed by atoms with van der Waals surface area (Å²) in [5, 5.41) is 0. The van der Waals surface area contributed by atoms with Crippen molar-refractivity contribution < 1.29 is 4.74 Å². The summed E-state index contributed by atoms with van der Waals surface area (Å²) in [4.78, 5) is 0. The van der Waals surface area contributed by atoms with Crippen molar-refractivity contribution >= 4 is 0 Å². The Balaban J connectivity index is 2.23. The maximum absolute atomic E-state index is 5.50. The molecule has 1 nitrogen and oxygen atoms in total. The number of hydrogen-bond donors (Lipinski definition) is 0. The predicted molar refractivity (Wildman–Crippen MR) is 41.7 cm³/mol. The van der Waals surface area contributed by atoms with E-state index in [1.165, 1.54) is 19.3 Å². The van der Waals surface area contributed by atoms with Crippen molar-refractivity contribution in [2.45, 2.75) is 38.2 Å². The third kappa shape index (κ3) is 2.41. The molecule has 1 unspecified atom stereocenters. The molecule has 0 radical (unpaired) electrons. The average molecular weight is 138 g/mol. The Morgan fingerprint density at radius 3 is 3.10 bits per heavy atom. The molecule has 1 aliphatic rings. The van der Waals surface area contributed by atoms with Gasteiger partial charge < -0.3 is 4.74 Å². The molecule has 0 aromatic rings. The Morgan fingerprint density at radius 1 is 1.40 bits per heavy atom. The van der Waals surface area contributed by atoms with Crippen LogP contribution in [-0.4, -0.2) is 12.7 Å². The van der Waals surface area contributed by atoms with E-state index in [4.69, 9.17) is 11.2 Å². The fourth-order valence-corrected chi connectivity index (χ4v) is 1.28. The highest BCUT2D eigenvalue weighted by molar-refractivity contribution is 4.87. The second-order valence-electron chi connectivity index (χ2n) is 2.75. The maximum Gasteiger partial charge on any atom is 0.0684 e. The molecule has 0 aliphatic carbocycles. The Morgan fingerprint density at radius 2 is 2.30 bits per heavy atom. The molecule has 0 amide bonds. The molecule has 1 atom stereocenters. The van der Waals surface area contributed by atoms with Gasteiger partial charge in [0.2, 0.25) is 0 Å². The first-order chi connectivity index (χ1) is 4.93. The first kappa shape index (κ1) is 7.63. The van der Waals surface area contributed by atoms with Gasteiger partial charge in [-0.1, -0.05) is 12.8 Å². The van der Waals surface area contributed by atoms with Gasteiger partial charge in [0.25, 0.3) is 0 Å². The highest BCUT2D eigenvalue weighted by Crippen LogP contribution is 2.14. The lowest BCUT2D eigenvalue weighted by Crippen LogP contribution is -2.09. The van der Waals surface area contributed by atoms with Gasteiger partial charge in [0.05, 0.1) is 6.10 Å². The van der Waals surface area contributed by atoms with Crippen LogP contribution < -0.4 is 0 Å². The number of ether oxygens (including phenoxy) is 1. The van der Waals surface area contributed by atoms with Crippen molar-refractivity contribution in [3.05, 3.63) is 0 Å². The summed E-state index contributed by atoms with van der Waals surface area (Å²) in [6.45, 7) is 0.909. The molecule has 0 spiro atoms. The minimum Gasteiger partial charge on any atom is -0.377 e. The summed E-state index contributed by atoms with van der Waals surface area (Å²) >= 11 is 0. The molecule has 1 aliphatic heterocycles. The summed E-state index contributed by atoms with van der Waals surface area (Å²) in [5.41, 5.74) is 0. The first-order valence-electron chi connectivity index (χ1n) is 3.98. The van der Waals surface area contributed by atoms with Crippen molar-refractivity contribution in [2.24, 2.45) is 0 Å². The van der Waals surface area contributed by atoms with Gasteiger partial charge in [-0.3, -0.25) is 0 Å². The first-order valence-corrected chi connectivity index (χ1v) is 3.98. The summed E-state index contributed by atoms with van der Waals surface area (Å²) in [6.07, 6.45) is 11.3. The zero-order valence-corrected chi connectivity index (χ0v) is 6.31. The third-order valence-corrected chi connectivity index (χ3v) is 1.87. The average Bonchev–Trinajstić information content (AvgIpc) is 2.17. The van der Waals surface area contributed by atoms with Crippen molar-refractivity contribution in [2.75, 3.05) is 6.61 Å². The summed E-state index contributed by atoms with van der Waals surface area (Å²) < 4.78 is 5.50. The zero-order chi connectivity index (χ0) is 7.23. The monoisotopic (exact) mass is 138 g/mol. The summed E-state index contributed by atoms with van der Waals surface area (Å²) in [7, 11) is 0. The fourth-order valence-electron chi connectivity index (χ4n) is 1.28. The molecule has 0 bridgehead atoms. The van der Waals surface area contributed by atoms with Crippen LogP contribution in [0.5, 0.6) is 0 Å². The molecule has 1 heterocycles. The van der Waals surface area contributed by atoms with Crippen molar-refractivity contribution in [1.29, 1.82) is 0 Å². The Bertz CT molecular complexity index is 115. The van der Waals surface area contributed by atoms with Gasteiger partial charge in [-0.15, -0.1) is 12.3 Å². The standard InChI is InChI=1S/C9H14O/c1-2-6-9-7-4-3-5-8-10-9/h1,9H,3-8H2. The van der Waals surface area contributed by atoms with Gasteiger partial charge in [0.1, 0.15) is 0 Å². The molecule has 1 saturated heterocycles. The van der Waals surface area contributed by atoms with E-state index in [1.54, 1.807) is 0 Å². The molecular formula is C9H14O. The predicted octanol–water partition coefficient (Wildman–Crippen LogP) is 1.97. The van der Waals surface area contributed by atoms with Gasteiger partial charge in [-0.2, -0.15) is 0 Å². The second-order valence-corrected chi connectivity index (χ2v) is 2.75. The molecular weight excluding hydrogens is 124 g/mol. The largest absolute Gasteiger partial charge is 0.377 e. The van der Waals surface area contributed by atoms with Crippen LogP contribution in [0, 0.1) is 12.3 Å². The number of rotatable bonds is 1. The van der Waals surface area contributed by atoms with E-state index in [1.807, 2.05) is 0 Å². The third-order valence-electron chi connectivity index (χ3n) is 1.87. The molecule has 0 aromatic heterocycles. The van der Waals surface area contributed by atoms with E-state index in [2.05, 4.69) is 5.92 Å². The zero-order valence-electron chi connectivity index (χ0n) is 6.31. The van der Waals surface area contributed by atoms with Gasteiger partial charge >= 0.3 is 0 Å². The topological polar surface area (TPSA) is 9.23 Å². The molecule has 0 saturated carbocycles. The highest BCUT2D eigenvalue weighted by atomic mass is 16.5. The maximum atomic E-state index is 5.50. The summed E-state index contributed by atoms with van der Waals surface area (Å²) in [6, 6.07) is 0. The Labute approximate surface area is 62.8 Å². The molecule has 1 heteroatoms. The fraction of sp³-hybridized carbons (Fsp3) is 0.778. The SMILES string of the molecule is C#CCC1CCCCCO1. The lowest BCUT2D eigenvalue weighted by Gasteiger charge is -2.09. The Hall–Kier alpha value is -0.480. The van der Waals surface area contributed by atoms with E-state index >= 15 is 0 Å². The smallest absolute Gasteiger partial charge is 0.0684 e. The van der Waals surface area contributed by atoms with Crippen LogP contribution >= 0.6 is 0 Å². The van der Waals surface area contributed by atoms with Crippen LogP contribution in [0.25, 0.3) is 0 Å². The van der Waals surface area contributed by atoms with E-state index < -0.39 is 0 Å². The lowest BCUT2D eigenvalue weighted by molar-refractivity contribution is 0.0625. The molecule has 0 N–H and O–H groups in total. The minimum atomic E-state index is 0.354. The van der Waals surface area contributed by atoms with Crippen LogP contribution in [0.1, 0.15) is 32.1 Å². The Kier molecular flexibility index (Phi) is 3.32. The molecule has 56 valence electrons. The van der Waals surface area contributed by atoms with Crippen LogP contribution in [0.3, 0.4) is 0 Å². The van der Waals surface area contributed by atoms with E-state index in [0.29, 0.717) is 6.10 Å². The second kappa shape index (κ2) is 4.35. The molecule has 0 aromatic carbocycles. The van der Waals surface area contributed by atoms with E-state index in [9.17, 15) is 0 Å². The van der Waals surface area contributed by atoms with Crippen molar-refractivity contribution in [3.63, 3.8) is 0 Å². The normalized spacial score (nSPS) is 26.9. The quantitative estimate of drug-likeness (QED) is 0.503. The van der Waals surface area contributed by atoms with Crippen LogP contribution in [0.15, 0.2) is 0 Å². The van der Waals surface area contributed by atoms with Crippen LogP contribution in [0.4, 0.5) is 0 Å². The number of terminal acetylenes is 1. The molecule has 1 rings (SSSR count). The van der Waals surface area contributed by atoms with Gasteiger partial charge in [-0.25, -0.2) is 0 Å². The van der Waals surface area contributed by atoms with Gasteiger partial charge in [-0.05, 0) is 12.8 Å². The van der Waals surface area contributed by atoms with Crippen LogP contribution in [0.2, 0.25) is 0 Å². The number of hydrogen-bond acceptors (Lipinski definition) is 1. The van der Waals surface area contributed by atoms with E-state index in [-0.39, 0.29) is 0 Å². The van der Waals surface area contributed by atoms with Crippen molar-refractivity contribution in [1.82, 2.24) is 0 Å². The molecule has 1 fully saturated rings. The van der Waals surface area contributed by atoms with Gasteiger partial charge in [0.15, 0.2) is 0 Å². The minimum absolute atomic E-state index is 0.354. The van der Waals surface area contributed by atoms with Crippen molar-refractivity contribution in [3.8, 4) is 12.3 Å². The molecule has 10 heavy (non-hydrogen) atoms. The lowest BCUT2D eigenvalue weighted by atomic mass is 10.1. The highest BCUT2D eigenvalue weighted by Gasteiger charge is 2.09. The summed E-state index contributed by atoms with van der Waals surface area (Å²) in [5.74, 6) is 2.64.